The van der Waals surface area contributed by atoms with Crippen LogP contribution in [0.4, 0.5) is 10.2 Å². The van der Waals surface area contributed by atoms with Gasteiger partial charge in [0.15, 0.2) is 23.2 Å². The van der Waals surface area contributed by atoms with Crippen molar-refractivity contribution in [3.05, 3.63) is 54.6 Å². The Morgan fingerprint density at radius 3 is 2.69 bits per heavy atom. The Hall–Kier alpha value is -4.12. The molecule has 1 aliphatic carbocycles. The Morgan fingerprint density at radius 2 is 1.98 bits per heavy atom. The monoisotopic (exact) mass is 694 g/mol. The van der Waals surface area contributed by atoms with Gasteiger partial charge in [0.1, 0.15) is 29.8 Å². The number of terminal acetylenes is 1. The third-order valence-corrected chi connectivity index (χ3v) is 9.73. The first-order valence-corrected chi connectivity index (χ1v) is 17.6. The molecule has 1 saturated heterocycles. The predicted molar refractivity (Wildman–Crippen MR) is 180 cm³/mol. The summed E-state index contributed by atoms with van der Waals surface area (Å²) < 4.78 is 55.5. The highest BCUT2D eigenvalue weighted by Crippen LogP contribution is 2.49. The van der Waals surface area contributed by atoms with E-state index < -0.39 is 50.5 Å². The van der Waals surface area contributed by atoms with Crippen LogP contribution in [0.1, 0.15) is 52.6 Å². The zero-order chi connectivity index (χ0) is 35.1. The lowest BCUT2D eigenvalue weighted by atomic mass is 9.97. The summed E-state index contributed by atoms with van der Waals surface area (Å²) in [5.41, 5.74) is -2.43. The van der Waals surface area contributed by atoms with Crippen LogP contribution in [0.25, 0.3) is 21.9 Å². The highest BCUT2D eigenvalue weighted by Gasteiger charge is 2.58. The number of rotatable bonds is 12. The van der Waals surface area contributed by atoms with E-state index in [0.717, 1.165) is 18.2 Å². The van der Waals surface area contributed by atoms with Gasteiger partial charge in [-0.15, -0.1) is 6.42 Å². The van der Waals surface area contributed by atoms with E-state index in [1.165, 1.54) is 17.8 Å². The van der Waals surface area contributed by atoms with Crippen molar-refractivity contribution in [2.24, 2.45) is 5.41 Å². The van der Waals surface area contributed by atoms with Crippen LogP contribution in [-0.4, -0.2) is 73.8 Å². The molecule has 15 heteroatoms. The predicted octanol–water partition coefficient (Wildman–Crippen LogP) is 5.23. The van der Waals surface area contributed by atoms with Gasteiger partial charge in [0.2, 0.25) is 5.67 Å². The van der Waals surface area contributed by atoms with Gasteiger partial charge in [0.05, 0.1) is 19.5 Å². The molecular weight excluding hydrogens is 654 g/mol. The first-order chi connectivity index (χ1) is 23.2. The maximum atomic E-state index is 16.5. The molecule has 0 bridgehead atoms. The van der Waals surface area contributed by atoms with Crippen molar-refractivity contribution in [2.45, 2.75) is 83.6 Å². The number of carbonyl (C=O) groups is 1. The molecule has 3 N–H and O–H groups in total. The van der Waals surface area contributed by atoms with Crippen molar-refractivity contribution < 1.29 is 37.4 Å². The maximum Gasteiger partial charge on any atom is 0.459 e. The number of aromatic nitrogens is 4. The van der Waals surface area contributed by atoms with Crippen molar-refractivity contribution in [3.63, 3.8) is 0 Å². The molecule has 49 heavy (non-hydrogen) atoms. The summed E-state index contributed by atoms with van der Waals surface area (Å²) in [6.45, 7) is 8.34. The van der Waals surface area contributed by atoms with Crippen molar-refractivity contribution in [3.8, 4) is 18.1 Å². The summed E-state index contributed by atoms with van der Waals surface area (Å²) in [5, 5.41) is 18.6. The summed E-state index contributed by atoms with van der Waals surface area (Å²) in [7, 11) is -4.45. The molecule has 6 atom stereocenters. The Kier molecular flexibility index (Phi) is 9.43. The number of halogens is 1. The SMILES string of the molecule is C#C[C@@]1(F)[C@H](O)[C@@H](COP(=O)(N[C@H](C)C(=O)OCC(C)(C)C)Oc2cccc3ccccc23)O[C@H]1n1cnc2c(NC3CC3)nc(C)nc21. The number of carbonyl (C=O) groups excluding carboxylic acids is 1. The van der Waals surface area contributed by atoms with Gasteiger partial charge < -0.3 is 24.4 Å². The number of anilines is 1. The molecule has 6 rings (SSSR count). The number of imidazole rings is 1. The van der Waals surface area contributed by atoms with Gasteiger partial charge in [-0.05, 0) is 43.6 Å². The largest absolute Gasteiger partial charge is 0.464 e. The van der Waals surface area contributed by atoms with Crippen molar-refractivity contribution in [2.75, 3.05) is 18.5 Å². The van der Waals surface area contributed by atoms with Gasteiger partial charge in [-0.1, -0.05) is 63.1 Å². The normalized spacial score (nSPS) is 24.3. The number of nitrogens with one attached hydrogen (secondary N) is 2. The van der Waals surface area contributed by atoms with Gasteiger partial charge in [-0.3, -0.25) is 13.9 Å². The average Bonchev–Trinajstić information content (AvgIpc) is 3.72. The van der Waals surface area contributed by atoms with E-state index in [9.17, 15) is 14.5 Å². The van der Waals surface area contributed by atoms with Gasteiger partial charge in [-0.2, -0.15) is 5.09 Å². The Morgan fingerprint density at radius 1 is 1.24 bits per heavy atom. The van der Waals surface area contributed by atoms with Crippen LogP contribution in [0.2, 0.25) is 0 Å². The van der Waals surface area contributed by atoms with E-state index >= 15 is 4.39 Å². The smallest absolute Gasteiger partial charge is 0.459 e. The lowest BCUT2D eigenvalue weighted by molar-refractivity contribution is -0.148. The molecule has 3 heterocycles. The van der Waals surface area contributed by atoms with E-state index in [4.69, 9.17) is 24.9 Å². The molecule has 1 saturated carbocycles. The van der Waals surface area contributed by atoms with Crippen LogP contribution in [0.5, 0.6) is 5.75 Å². The molecule has 1 aliphatic heterocycles. The number of hydrogen-bond acceptors (Lipinski definition) is 11. The number of fused-ring (bicyclic) bond motifs is 2. The summed E-state index contributed by atoms with van der Waals surface area (Å²) >= 11 is 0. The van der Waals surface area contributed by atoms with Crippen LogP contribution in [0.15, 0.2) is 48.8 Å². The Bertz CT molecular complexity index is 1950. The van der Waals surface area contributed by atoms with Gasteiger partial charge in [0, 0.05) is 11.4 Å². The van der Waals surface area contributed by atoms with Gasteiger partial charge in [0.25, 0.3) is 0 Å². The topological polar surface area (TPSA) is 159 Å². The van der Waals surface area contributed by atoms with Crippen LogP contribution < -0.4 is 14.9 Å². The van der Waals surface area contributed by atoms with Crippen LogP contribution in [-0.2, 0) is 23.4 Å². The molecule has 0 spiro atoms. The number of alkyl halides is 1. The average molecular weight is 695 g/mol. The molecule has 2 aromatic carbocycles. The Labute approximate surface area is 283 Å². The van der Waals surface area contributed by atoms with E-state index in [-0.39, 0.29) is 29.5 Å². The molecule has 0 radical (unpaired) electrons. The quantitative estimate of drug-likeness (QED) is 0.101. The number of aryl methyl sites for hydroxylation is 1. The number of benzene rings is 2. The number of hydrogen-bond donors (Lipinski definition) is 3. The minimum atomic E-state index is -4.45. The molecule has 4 aromatic rings. The molecule has 2 aromatic heterocycles. The molecule has 260 valence electrons. The van der Waals surface area contributed by atoms with Gasteiger partial charge >= 0.3 is 13.7 Å². The zero-order valence-corrected chi connectivity index (χ0v) is 28.8. The summed E-state index contributed by atoms with van der Waals surface area (Å²) in [5.74, 6) is 2.47. The second kappa shape index (κ2) is 13.3. The summed E-state index contributed by atoms with van der Waals surface area (Å²) in [4.78, 5) is 26.2. The second-order valence-corrected chi connectivity index (χ2v) is 15.3. The van der Waals surface area contributed by atoms with Crippen LogP contribution in [0.3, 0.4) is 0 Å². The molecule has 2 aliphatic rings. The first-order valence-electron chi connectivity index (χ1n) is 16.0. The molecule has 13 nitrogen and oxygen atoms in total. The lowest BCUT2D eigenvalue weighted by Crippen LogP contribution is -2.42. The van der Waals surface area contributed by atoms with E-state index in [1.54, 1.807) is 31.2 Å². The first kappa shape index (κ1) is 34.7. The molecule has 0 amide bonds. The van der Waals surface area contributed by atoms with Crippen molar-refractivity contribution >= 4 is 41.5 Å². The summed E-state index contributed by atoms with van der Waals surface area (Å²) in [6.07, 6.45) is 4.05. The second-order valence-electron chi connectivity index (χ2n) is 13.6. The fourth-order valence-electron chi connectivity index (χ4n) is 5.40. The van der Waals surface area contributed by atoms with Gasteiger partial charge in [-0.25, -0.2) is 23.9 Å². The number of ether oxygens (including phenoxy) is 2. The third-order valence-electron chi connectivity index (χ3n) is 8.10. The minimum Gasteiger partial charge on any atom is -0.464 e. The molecule has 1 unspecified atom stereocenters. The van der Waals surface area contributed by atoms with Crippen LogP contribution >= 0.6 is 7.75 Å². The lowest BCUT2D eigenvalue weighted by Gasteiger charge is -2.26. The van der Waals surface area contributed by atoms with Crippen molar-refractivity contribution in [1.29, 1.82) is 0 Å². The highest BCUT2D eigenvalue weighted by atomic mass is 31.2. The highest BCUT2D eigenvalue weighted by molar-refractivity contribution is 7.52. The number of aliphatic hydroxyl groups excluding tert-OH is 1. The fourth-order valence-corrected chi connectivity index (χ4v) is 6.92. The standard InChI is InChI=1S/C34H40FN6O7P/c1-7-34(35)28(42)26(47-32(34)41-19-36-27-29(39-23-15-16-23)37-21(3)38-30(27)41)17-46-49(44,40-20(2)31(43)45-18-33(4,5)6)48-25-14-10-12-22-11-8-9-13-24(22)25/h1,8-14,19-20,23,26,28,32,42H,15-18H2,2-6H3,(H,40,44)(H,37,38,39)/t20-,26-,28-,32-,34-,49?/m1/s1. The van der Waals surface area contributed by atoms with E-state index in [0.29, 0.717) is 22.5 Å². The zero-order valence-electron chi connectivity index (χ0n) is 27.9. The number of nitrogens with zero attached hydrogens (tertiary/aromatic N) is 4. The third kappa shape index (κ3) is 7.41. The van der Waals surface area contributed by atoms with E-state index in [2.05, 4.69) is 25.4 Å². The number of aliphatic hydroxyl groups is 1. The maximum absolute atomic E-state index is 16.5. The summed E-state index contributed by atoms with van der Waals surface area (Å²) in [6, 6.07) is 11.6. The minimum absolute atomic E-state index is 0.118. The Balaban J connectivity index is 1.26. The molecular formula is C34H40FN6O7P. The fraction of sp³-hybridized carbons (Fsp3) is 0.471. The molecule has 2 fully saturated rings. The van der Waals surface area contributed by atoms with E-state index in [1.807, 2.05) is 44.9 Å². The number of esters is 1. The van der Waals surface area contributed by atoms with Crippen molar-refractivity contribution in [1.82, 2.24) is 24.6 Å². The van der Waals surface area contributed by atoms with Crippen LogP contribution in [0, 0.1) is 24.7 Å².